The molecule has 0 aliphatic rings. The fraction of sp³-hybridized carbons (Fsp3) is 0.154. The predicted octanol–water partition coefficient (Wildman–Crippen LogP) is 2.65. The maximum absolute atomic E-state index is 13.4. The van der Waals surface area contributed by atoms with Gasteiger partial charge in [-0.25, -0.2) is 0 Å². The van der Waals surface area contributed by atoms with Crippen molar-refractivity contribution in [2.24, 2.45) is 0 Å². The van der Waals surface area contributed by atoms with Gasteiger partial charge in [0.15, 0.2) is 0 Å². The van der Waals surface area contributed by atoms with E-state index in [0.717, 1.165) is 5.39 Å². The summed E-state index contributed by atoms with van der Waals surface area (Å²) in [5, 5.41) is 10.1. The summed E-state index contributed by atoms with van der Waals surface area (Å²) in [5.74, 6) is -6.24. The number of Topliss-reactive ketones (excluding diaryl/α,β-unsaturated/α-hetero) is 1. The van der Waals surface area contributed by atoms with E-state index in [9.17, 15) is 13.6 Å². The Morgan fingerprint density at radius 2 is 1.88 bits per heavy atom. The molecule has 0 atom stereocenters. The van der Waals surface area contributed by atoms with E-state index in [1.807, 2.05) is 0 Å². The third kappa shape index (κ3) is 2.17. The van der Waals surface area contributed by atoms with Crippen LogP contribution in [-0.2, 0) is 0 Å². The van der Waals surface area contributed by atoms with Crippen LogP contribution in [0.4, 0.5) is 8.78 Å². The van der Waals surface area contributed by atoms with E-state index in [2.05, 4.69) is 0 Å². The molecule has 88 valence electrons. The number of carbonyl (C=O) groups is 1. The minimum Gasteiger partial charge on any atom is -0.390 e. The zero-order chi connectivity index (χ0) is 14.3. The second-order valence-corrected chi connectivity index (χ2v) is 3.58. The summed E-state index contributed by atoms with van der Waals surface area (Å²) in [7, 11) is 0. The maximum Gasteiger partial charge on any atom is 0.332 e. The van der Waals surface area contributed by atoms with Gasteiger partial charge >= 0.3 is 5.92 Å². The van der Waals surface area contributed by atoms with E-state index in [1.54, 1.807) is 24.3 Å². The van der Waals surface area contributed by atoms with Gasteiger partial charge in [-0.3, -0.25) is 4.79 Å². The number of hydrogen-bond donors (Lipinski definition) is 1. The molecule has 4 heteroatoms. The van der Waals surface area contributed by atoms with Crippen LogP contribution in [0.2, 0.25) is 0 Å². The molecule has 0 bridgehead atoms. The highest BCUT2D eigenvalue weighted by Gasteiger charge is 2.38. The quantitative estimate of drug-likeness (QED) is 0.835. The average molecular weight is 238 g/mol. The van der Waals surface area contributed by atoms with Crippen molar-refractivity contribution >= 4 is 16.6 Å². The first kappa shape index (κ1) is 9.24. The zero-order valence-corrected chi connectivity index (χ0v) is 8.65. The predicted molar refractivity (Wildman–Crippen MR) is 60.3 cm³/mol. The monoisotopic (exact) mass is 238 g/mol. The molecule has 1 N–H and O–H groups in total. The SMILES string of the molecule is [2H]C([2H])(O)C(F)(F)C(=O)c1ccc2ccccc2c1. The lowest BCUT2D eigenvalue weighted by atomic mass is 10.0. The van der Waals surface area contributed by atoms with Crippen molar-refractivity contribution in [3.05, 3.63) is 48.0 Å². The average Bonchev–Trinajstić information content (AvgIpc) is 2.36. The smallest absolute Gasteiger partial charge is 0.332 e. The summed E-state index contributed by atoms with van der Waals surface area (Å²) in [5.41, 5.74) is -0.346. The van der Waals surface area contributed by atoms with Crippen molar-refractivity contribution in [2.45, 2.75) is 5.92 Å². The molecule has 0 fully saturated rings. The molecule has 0 spiro atoms. The number of aliphatic hydroxyl groups is 1. The van der Waals surface area contributed by atoms with Gasteiger partial charge in [0.25, 0.3) is 0 Å². The van der Waals surface area contributed by atoms with Crippen molar-refractivity contribution in [1.82, 2.24) is 0 Å². The number of rotatable bonds is 3. The Morgan fingerprint density at radius 3 is 2.53 bits per heavy atom. The Hall–Kier alpha value is -1.81. The van der Waals surface area contributed by atoms with Crippen molar-refractivity contribution < 1.29 is 21.4 Å². The van der Waals surface area contributed by atoms with Crippen LogP contribution in [0.1, 0.15) is 13.1 Å². The molecule has 0 unspecified atom stereocenters. The van der Waals surface area contributed by atoms with Crippen LogP contribution in [0.3, 0.4) is 0 Å². The number of hydrogen-bond acceptors (Lipinski definition) is 2. The Balaban J connectivity index is 2.48. The summed E-state index contributed by atoms with van der Waals surface area (Å²) in [6.45, 7) is -3.89. The molecule has 2 aromatic rings. The molecular weight excluding hydrogens is 226 g/mol. The minimum absolute atomic E-state index is 0.346. The van der Waals surface area contributed by atoms with E-state index < -0.39 is 18.3 Å². The molecule has 2 aromatic carbocycles. The Labute approximate surface area is 99.3 Å². The summed E-state index contributed by atoms with van der Waals surface area (Å²) >= 11 is 0. The molecule has 17 heavy (non-hydrogen) atoms. The van der Waals surface area contributed by atoms with Crippen molar-refractivity contribution in [1.29, 1.82) is 0 Å². The maximum atomic E-state index is 13.4. The second kappa shape index (κ2) is 4.22. The molecule has 0 amide bonds. The molecule has 0 radical (unpaired) electrons. The summed E-state index contributed by atoms with van der Waals surface area (Å²) in [6, 6.07) is 10.8. The number of benzene rings is 2. The highest BCUT2D eigenvalue weighted by atomic mass is 19.3. The van der Waals surface area contributed by atoms with Crippen LogP contribution in [-0.4, -0.2) is 23.4 Å². The molecular formula is C13H10F2O2. The van der Waals surface area contributed by atoms with Crippen molar-refractivity contribution in [2.75, 3.05) is 6.56 Å². The summed E-state index contributed by atoms with van der Waals surface area (Å²) < 4.78 is 40.1. The van der Waals surface area contributed by atoms with Crippen molar-refractivity contribution in [3.8, 4) is 0 Å². The summed E-state index contributed by atoms with van der Waals surface area (Å²) in [4.78, 5) is 11.6. The van der Waals surface area contributed by atoms with Gasteiger partial charge in [-0.1, -0.05) is 36.4 Å². The highest BCUT2D eigenvalue weighted by Crippen LogP contribution is 2.22. The number of fused-ring (bicyclic) bond motifs is 1. The second-order valence-electron chi connectivity index (χ2n) is 3.58. The summed E-state index contributed by atoms with van der Waals surface area (Å²) in [6.07, 6.45) is 0. The third-order valence-corrected chi connectivity index (χ3v) is 2.44. The lowest BCUT2D eigenvalue weighted by molar-refractivity contribution is -0.0259. The molecule has 0 aromatic heterocycles. The topological polar surface area (TPSA) is 37.3 Å². The fourth-order valence-electron chi connectivity index (χ4n) is 1.56. The van der Waals surface area contributed by atoms with Gasteiger partial charge in [0.05, 0.1) is 2.74 Å². The zero-order valence-electron chi connectivity index (χ0n) is 10.7. The molecule has 0 saturated carbocycles. The van der Waals surface area contributed by atoms with Gasteiger partial charge in [0.1, 0.15) is 6.56 Å². The van der Waals surface area contributed by atoms with Gasteiger partial charge < -0.3 is 5.11 Å². The highest BCUT2D eigenvalue weighted by molar-refractivity contribution is 6.04. The molecule has 0 aliphatic heterocycles. The van der Waals surface area contributed by atoms with E-state index in [-0.39, 0.29) is 5.56 Å². The Morgan fingerprint density at radius 1 is 1.24 bits per heavy atom. The standard InChI is InChI=1S/C13H10F2O2/c14-13(15,8-16)12(17)11-6-5-9-3-1-2-4-10(9)7-11/h1-7,16H,8H2/i8D2. The number of alkyl halides is 2. The number of ketones is 1. The van der Waals surface area contributed by atoms with Gasteiger partial charge in [-0.05, 0) is 16.8 Å². The van der Waals surface area contributed by atoms with Gasteiger partial charge in [-0.15, -0.1) is 0 Å². The first-order valence-corrected chi connectivity index (χ1v) is 4.87. The first-order chi connectivity index (χ1) is 8.73. The Bertz CT molecular complexity index is 636. The van der Waals surface area contributed by atoms with Gasteiger partial charge in [-0.2, -0.15) is 8.78 Å². The molecule has 0 saturated heterocycles. The molecule has 0 heterocycles. The normalized spacial score (nSPS) is 14.3. The fourth-order valence-corrected chi connectivity index (χ4v) is 1.56. The van der Waals surface area contributed by atoms with E-state index in [0.29, 0.717) is 5.39 Å². The Kier molecular flexibility index (Phi) is 2.29. The minimum atomic E-state index is -4.49. The van der Waals surface area contributed by atoms with Crippen molar-refractivity contribution in [3.63, 3.8) is 0 Å². The van der Waals surface area contributed by atoms with Gasteiger partial charge in [0, 0.05) is 5.56 Å². The van der Waals surface area contributed by atoms with Crippen LogP contribution in [0.25, 0.3) is 10.8 Å². The molecule has 0 aliphatic carbocycles. The van der Waals surface area contributed by atoms with Gasteiger partial charge in [0.2, 0.25) is 5.78 Å². The number of halogens is 2. The van der Waals surface area contributed by atoms with Crippen LogP contribution < -0.4 is 0 Å². The first-order valence-electron chi connectivity index (χ1n) is 5.87. The third-order valence-electron chi connectivity index (χ3n) is 2.44. The largest absolute Gasteiger partial charge is 0.390 e. The lowest BCUT2D eigenvalue weighted by Gasteiger charge is -2.11. The molecule has 2 rings (SSSR count). The van der Waals surface area contributed by atoms with Crippen LogP contribution in [0, 0.1) is 0 Å². The molecule has 2 nitrogen and oxygen atoms in total. The lowest BCUT2D eigenvalue weighted by Crippen LogP contribution is -2.32. The number of carbonyl (C=O) groups excluding carboxylic acids is 1. The van der Waals surface area contributed by atoms with E-state index in [1.165, 1.54) is 18.2 Å². The van der Waals surface area contributed by atoms with E-state index >= 15 is 0 Å². The van der Waals surface area contributed by atoms with Crippen LogP contribution >= 0.6 is 0 Å². The van der Waals surface area contributed by atoms with Crippen LogP contribution in [0.15, 0.2) is 42.5 Å². The van der Waals surface area contributed by atoms with Crippen LogP contribution in [0.5, 0.6) is 0 Å². The van der Waals surface area contributed by atoms with E-state index in [4.69, 9.17) is 7.85 Å².